The van der Waals surface area contributed by atoms with Crippen LogP contribution in [-0.4, -0.2) is 64.7 Å². The van der Waals surface area contributed by atoms with E-state index >= 15 is 0 Å². The fourth-order valence-corrected chi connectivity index (χ4v) is 4.18. The Kier molecular flexibility index (Phi) is 5.71. The van der Waals surface area contributed by atoms with E-state index in [0.29, 0.717) is 25.4 Å². The Morgan fingerprint density at radius 1 is 1.24 bits per heavy atom. The molecular formula is C21H29N5O3. The number of hydrogen-bond acceptors (Lipinski definition) is 6. The molecule has 8 nitrogen and oxygen atoms in total. The normalized spacial score (nSPS) is 20.4. The van der Waals surface area contributed by atoms with Crippen LogP contribution in [-0.2, 0) is 6.54 Å². The summed E-state index contributed by atoms with van der Waals surface area (Å²) in [4.78, 5) is 14.9. The van der Waals surface area contributed by atoms with Gasteiger partial charge in [-0.25, -0.2) is 4.68 Å². The van der Waals surface area contributed by atoms with E-state index in [-0.39, 0.29) is 17.6 Å². The lowest BCUT2D eigenvalue weighted by molar-refractivity contribution is 0.0754. The second-order valence-electron chi connectivity index (χ2n) is 8.19. The quantitative estimate of drug-likeness (QED) is 0.801. The Bertz CT molecular complexity index is 844. The van der Waals surface area contributed by atoms with E-state index in [0.717, 1.165) is 24.3 Å². The number of benzene rings is 1. The Balaban J connectivity index is 1.33. The van der Waals surface area contributed by atoms with Gasteiger partial charge >= 0.3 is 0 Å². The van der Waals surface area contributed by atoms with Crippen molar-refractivity contribution in [2.45, 2.75) is 50.3 Å². The van der Waals surface area contributed by atoms with Gasteiger partial charge < -0.3 is 19.7 Å². The molecule has 2 aliphatic rings. The maximum absolute atomic E-state index is 12.6. The number of aromatic nitrogens is 3. The highest BCUT2D eigenvalue weighted by atomic mass is 16.6. The van der Waals surface area contributed by atoms with Gasteiger partial charge in [-0.15, -0.1) is 5.10 Å². The standard InChI is InChI=1S/C21H29N5O3/c1-25(2)21(10-6-3-7-11-21)15-22-20(27)17-13-26(24-23-17)12-16-14-28-18-8-4-5-9-19(18)29-16/h4-5,8-9,13,16H,3,6-7,10-12,14-15H2,1-2H3,(H,22,27). The average Bonchev–Trinajstić information content (AvgIpc) is 3.21. The Morgan fingerprint density at radius 3 is 2.76 bits per heavy atom. The van der Waals surface area contributed by atoms with Crippen LogP contribution in [0.5, 0.6) is 11.5 Å². The predicted octanol–water partition coefficient (Wildman–Crippen LogP) is 2.11. The van der Waals surface area contributed by atoms with E-state index in [2.05, 4.69) is 34.6 Å². The number of para-hydroxylation sites is 2. The number of likely N-dealkylation sites (N-methyl/N-ethyl adjacent to an activating group) is 1. The molecule has 1 aliphatic heterocycles. The topological polar surface area (TPSA) is 81.5 Å². The number of fused-ring (bicyclic) bond motifs is 1. The Labute approximate surface area is 171 Å². The van der Waals surface area contributed by atoms with Gasteiger partial charge in [0.1, 0.15) is 6.61 Å². The number of rotatable bonds is 6. The highest BCUT2D eigenvalue weighted by Gasteiger charge is 2.34. The largest absolute Gasteiger partial charge is 0.486 e. The number of hydrogen-bond donors (Lipinski definition) is 1. The molecule has 0 saturated heterocycles. The first-order valence-corrected chi connectivity index (χ1v) is 10.3. The molecule has 1 atom stereocenters. The van der Waals surface area contributed by atoms with Crippen molar-refractivity contribution in [3.05, 3.63) is 36.2 Å². The summed E-state index contributed by atoms with van der Waals surface area (Å²) in [5.74, 6) is 1.29. The van der Waals surface area contributed by atoms with E-state index in [1.165, 1.54) is 19.3 Å². The molecule has 8 heteroatoms. The molecule has 0 spiro atoms. The smallest absolute Gasteiger partial charge is 0.273 e. The summed E-state index contributed by atoms with van der Waals surface area (Å²) >= 11 is 0. The second-order valence-corrected chi connectivity index (χ2v) is 8.19. The van der Waals surface area contributed by atoms with Gasteiger partial charge in [0.05, 0.1) is 12.7 Å². The van der Waals surface area contributed by atoms with E-state index in [4.69, 9.17) is 9.47 Å². The van der Waals surface area contributed by atoms with E-state index in [9.17, 15) is 4.79 Å². The lowest BCUT2D eigenvalue weighted by Gasteiger charge is -2.43. The second kappa shape index (κ2) is 8.41. The van der Waals surface area contributed by atoms with Gasteiger partial charge in [0.25, 0.3) is 5.91 Å². The lowest BCUT2D eigenvalue weighted by Crippen LogP contribution is -2.53. The third kappa shape index (κ3) is 4.37. The number of carbonyl (C=O) groups is 1. The monoisotopic (exact) mass is 399 g/mol. The van der Waals surface area contributed by atoms with E-state index in [1.54, 1.807) is 10.9 Å². The van der Waals surface area contributed by atoms with Crippen LogP contribution in [0, 0.1) is 0 Å². The van der Waals surface area contributed by atoms with Gasteiger partial charge in [0, 0.05) is 12.1 Å². The zero-order valence-electron chi connectivity index (χ0n) is 17.1. The minimum absolute atomic E-state index is 0.0323. The summed E-state index contributed by atoms with van der Waals surface area (Å²) in [6, 6.07) is 7.59. The third-order valence-electron chi connectivity index (χ3n) is 6.04. The zero-order valence-corrected chi connectivity index (χ0v) is 17.1. The number of amides is 1. The molecular weight excluding hydrogens is 370 g/mol. The molecule has 1 amide bonds. The summed E-state index contributed by atoms with van der Waals surface area (Å²) in [5.41, 5.74) is 0.358. The van der Waals surface area contributed by atoms with Crippen molar-refractivity contribution >= 4 is 5.91 Å². The molecule has 4 rings (SSSR count). The first-order valence-electron chi connectivity index (χ1n) is 10.3. The summed E-state index contributed by atoms with van der Waals surface area (Å²) in [6.45, 7) is 1.53. The molecule has 1 aliphatic carbocycles. The van der Waals surface area contributed by atoms with Crippen LogP contribution in [0.15, 0.2) is 30.5 Å². The molecule has 1 saturated carbocycles. The molecule has 2 aromatic rings. The average molecular weight is 399 g/mol. The van der Waals surface area contributed by atoms with Crippen molar-refractivity contribution in [1.29, 1.82) is 0 Å². The molecule has 29 heavy (non-hydrogen) atoms. The molecule has 1 aromatic carbocycles. The first-order chi connectivity index (χ1) is 14.1. The molecule has 156 valence electrons. The molecule has 1 fully saturated rings. The molecule has 1 unspecified atom stereocenters. The number of nitrogens with zero attached hydrogens (tertiary/aromatic N) is 4. The number of ether oxygens (including phenoxy) is 2. The third-order valence-corrected chi connectivity index (χ3v) is 6.04. The van der Waals surface area contributed by atoms with Gasteiger partial charge in [0.15, 0.2) is 23.3 Å². The highest BCUT2D eigenvalue weighted by molar-refractivity contribution is 5.91. The predicted molar refractivity (Wildman–Crippen MR) is 108 cm³/mol. The minimum atomic E-state index is -0.186. The SMILES string of the molecule is CN(C)C1(CNC(=O)c2cn(CC3COc4ccccc4O3)nn2)CCCCC1. The van der Waals surface area contributed by atoms with Gasteiger partial charge in [-0.2, -0.15) is 0 Å². The summed E-state index contributed by atoms with van der Waals surface area (Å²) in [6.07, 6.45) is 7.38. The fraction of sp³-hybridized carbons (Fsp3) is 0.571. The van der Waals surface area contributed by atoms with Crippen molar-refractivity contribution in [2.24, 2.45) is 0 Å². The molecule has 1 aromatic heterocycles. The minimum Gasteiger partial charge on any atom is -0.486 e. The molecule has 1 N–H and O–H groups in total. The Hall–Kier alpha value is -2.61. The summed E-state index contributed by atoms with van der Waals surface area (Å²) in [7, 11) is 4.19. The zero-order chi connectivity index (χ0) is 20.3. The van der Waals surface area contributed by atoms with Crippen molar-refractivity contribution in [3.63, 3.8) is 0 Å². The van der Waals surface area contributed by atoms with Crippen LogP contribution in [0.3, 0.4) is 0 Å². The Morgan fingerprint density at radius 2 is 2.00 bits per heavy atom. The highest BCUT2D eigenvalue weighted by Crippen LogP contribution is 2.32. The van der Waals surface area contributed by atoms with Crippen LogP contribution >= 0.6 is 0 Å². The fourth-order valence-electron chi connectivity index (χ4n) is 4.18. The van der Waals surface area contributed by atoms with Crippen molar-refractivity contribution in [2.75, 3.05) is 27.2 Å². The maximum Gasteiger partial charge on any atom is 0.273 e. The van der Waals surface area contributed by atoms with Crippen molar-refractivity contribution in [1.82, 2.24) is 25.2 Å². The van der Waals surface area contributed by atoms with Crippen LogP contribution in [0.25, 0.3) is 0 Å². The van der Waals surface area contributed by atoms with Gasteiger partial charge in [-0.05, 0) is 39.1 Å². The van der Waals surface area contributed by atoms with Crippen LogP contribution in [0.4, 0.5) is 0 Å². The molecule has 0 radical (unpaired) electrons. The van der Waals surface area contributed by atoms with E-state index in [1.807, 2.05) is 24.3 Å². The lowest BCUT2D eigenvalue weighted by atomic mass is 9.80. The van der Waals surface area contributed by atoms with Crippen molar-refractivity contribution < 1.29 is 14.3 Å². The maximum atomic E-state index is 12.6. The summed E-state index contributed by atoms with van der Waals surface area (Å²) < 4.78 is 13.3. The van der Waals surface area contributed by atoms with Gasteiger partial charge in [-0.1, -0.05) is 36.6 Å². The van der Waals surface area contributed by atoms with E-state index < -0.39 is 0 Å². The molecule has 2 heterocycles. The van der Waals surface area contributed by atoms with Gasteiger partial charge in [0.2, 0.25) is 0 Å². The van der Waals surface area contributed by atoms with Crippen molar-refractivity contribution in [3.8, 4) is 11.5 Å². The van der Waals surface area contributed by atoms with Gasteiger partial charge in [-0.3, -0.25) is 4.79 Å². The number of carbonyl (C=O) groups excluding carboxylic acids is 1. The van der Waals surface area contributed by atoms with Crippen LogP contribution in [0.1, 0.15) is 42.6 Å². The van der Waals surface area contributed by atoms with Crippen LogP contribution in [0.2, 0.25) is 0 Å². The molecule has 0 bridgehead atoms. The van der Waals surface area contributed by atoms with Crippen LogP contribution < -0.4 is 14.8 Å². The number of nitrogens with one attached hydrogen (secondary N) is 1. The first kappa shape index (κ1) is 19.7. The summed E-state index contributed by atoms with van der Waals surface area (Å²) in [5, 5.41) is 11.2.